The van der Waals surface area contributed by atoms with Gasteiger partial charge in [0.15, 0.2) is 6.61 Å². The highest BCUT2D eigenvalue weighted by Gasteiger charge is 2.34. The minimum atomic E-state index is -4.54. The molecule has 2 aromatic rings. The summed E-state index contributed by atoms with van der Waals surface area (Å²) in [5.41, 5.74) is -0.490. The number of ether oxygens (including phenoxy) is 1. The lowest BCUT2D eigenvalue weighted by Crippen LogP contribution is -2.21. The van der Waals surface area contributed by atoms with E-state index in [0.29, 0.717) is 10.7 Å². The fourth-order valence-corrected chi connectivity index (χ4v) is 1.92. The second-order valence-corrected chi connectivity index (χ2v) is 4.78. The minimum Gasteiger partial charge on any atom is -0.483 e. The summed E-state index contributed by atoms with van der Waals surface area (Å²) >= 11 is 5.76. The lowest BCUT2D eigenvalue weighted by atomic mass is 10.2. The molecule has 22 heavy (non-hydrogen) atoms. The lowest BCUT2D eigenvalue weighted by molar-refractivity contribution is -0.139. The molecule has 0 saturated heterocycles. The number of hydrogen-bond acceptors (Lipinski definition) is 2. The quantitative estimate of drug-likeness (QED) is 0.904. The van der Waals surface area contributed by atoms with Crippen molar-refractivity contribution in [2.24, 2.45) is 0 Å². The first-order chi connectivity index (χ1) is 10.4. The Bertz CT molecular complexity index is 674. The van der Waals surface area contributed by atoms with Gasteiger partial charge in [-0.2, -0.15) is 13.2 Å². The summed E-state index contributed by atoms with van der Waals surface area (Å²) in [7, 11) is 0. The highest BCUT2D eigenvalue weighted by Crippen LogP contribution is 2.35. The van der Waals surface area contributed by atoms with E-state index in [9.17, 15) is 18.0 Å². The van der Waals surface area contributed by atoms with Crippen LogP contribution in [-0.4, -0.2) is 12.5 Å². The molecule has 0 unspecified atom stereocenters. The highest BCUT2D eigenvalue weighted by molar-refractivity contribution is 6.30. The normalized spacial score (nSPS) is 11.1. The zero-order valence-electron chi connectivity index (χ0n) is 11.2. The highest BCUT2D eigenvalue weighted by atomic mass is 35.5. The van der Waals surface area contributed by atoms with E-state index in [1.54, 1.807) is 18.2 Å². The third-order valence-electron chi connectivity index (χ3n) is 2.66. The summed E-state index contributed by atoms with van der Waals surface area (Å²) < 4.78 is 43.3. The van der Waals surface area contributed by atoms with Gasteiger partial charge < -0.3 is 10.1 Å². The Morgan fingerprint density at radius 2 is 1.86 bits per heavy atom. The minimum absolute atomic E-state index is 0.392. The third-order valence-corrected chi connectivity index (χ3v) is 2.89. The Labute approximate surface area is 129 Å². The predicted molar refractivity (Wildman–Crippen MR) is 77.0 cm³/mol. The number of carbonyl (C=O) groups excluding carboxylic acids is 1. The van der Waals surface area contributed by atoms with Crippen LogP contribution < -0.4 is 10.1 Å². The molecule has 2 aromatic carbocycles. The first kappa shape index (κ1) is 16.2. The number of alkyl halides is 3. The van der Waals surface area contributed by atoms with Crippen molar-refractivity contribution in [1.29, 1.82) is 0 Å². The van der Waals surface area contributed by atoms with Crippen LogP contribution in [0.4, 0.5) is 18.9 Å². The largest absolute Gasteiger partial charge is 0.483 e. The molecule has 0 heterocycles. The average molecular weight is 330 g/mol. The SMILES string of the molecule is O=C(COc1ccccc1C(F)(F)F)Nc1cccc(Cl)c1. The predicted octanol–water partition coefficient (Wildman–Crippen LogP) is 4.38. The molecule has 2 rings (SSSR count). The number of carbonyl (C=O) groups is 1. The third kappa shape index (κ3) is 4.39. The fourth-order valence-electron chi connectivity index (χ4n) is 1.73. The Kier molecular flexibility index (Phi) is 4.92. The molecule has 0 aliphatic carbocycles. The van der Waals surface area contributed by atoms with Gasteiger partial charge in [0, 0.05) is 10.7 Å². The van der Waals surface area contributed by atoms with Gasteiger partial charge in [0.1, 0.15) is 5.75 Å². The summed E-state index contributed by atoms with van der Waals surface area (Å²) in [6.07, 6.45) is -4.54. The summed E-state index contributed by atoms with van der Waals surface area (Å²) in [5, 5.41) is 2.91. The van der Waals surface area contributed by atoms with Crippen LogP contribution in [0.5, 0.6) is 5.75 Å². The number of hydrogen-bond donors (Lipinski definition) is 1. The van der Waals surface area contributed by atoms with Crippen LogP contribution in [0, 0.1) is 0 Å². The summed E-state index contributed by atoms with van der Waals surface area (Å²) in [6.45, 7) is -0.542. The van der Waals surface area contributed by atoms with Crippen molar-refractivity contribution >= 4 is 23.2 Å². The summed E-state index contributed by atoms with van der Waals surface area (Å²) in [6, 6.07) is 11.1. The van der Waals surface area contributed by atoms with E-state index in [2.05, 4.69) is 5.32 Å². The van der Waals surface area contributed by atoms with E-state index >= 15 is 0 Å². The first-order valence-electron chi connectivity index (χ1n) is 6.21. The Balaban J connectivity index is 2.00. The van der Waals surface area contributed by atoms with Crippen LogP contribution in [0.25, 0.3) is 0 Å². The summed E-state index contributed by atoms with van der Waals surface area (Å²) in [5.74, 6) is -0.976. The van der Waals surface area contributed by atoms with Gasteiger partial charge in [-0.15, -0.1) is 0 Å². The molecule has 0 aliphatic rings. The number of amides is 1. The Hall–Kier alpha value is -2.21. The van der Waals surface area contributed by atoms with Crippen LogP contribution in [0.15, 0.2) is 48.5 Å². The van der Waals surface area contributed by atoms with Crippen LogP contribution >= 0.6 is 11.6 Å². The number of para-hydroxylation sites is 1. The van der Waals surface area contributed by atoms with Crippen molar-refractivity contribution < 1.29 is 22.7 Å². The second kappa shape index (κ2) is 6.70. The Morgan fingerprint density at radius 1 is 1.14 bits per heavy atom. The van der Waals surface area contributed by atoms with Gasteiger partial charge in [-0.05, 0) is 30.3 Å². The lowest BCUT2D eigenvalue weighted by Gasteiger charge is -2.13. The molecule has 1 amide bonds. The van der Waals surface area contributed by atoms with E-state index in [0.717, 1.165) is 12.1 Å². The molecule has 7 heteroatoms. The molecule has 0 saturated carbocycles. The van der Waals surface area contributed by atoms with Gasteiger partial charge in [-0.25, -0.2) is 0 Å². The first-order valence-corrected chi connectivity index (χ1v) is 6.58. The van der Waals surface area contributed by atoms with E-state index in [1.807, 2.05) is 0 Å². The fraction of sp³-hybridized carbons (Fsp3) is 0.133. The number of anilines is 1. The van der Waals surface area contributed by atoms with Crippen molar-refractivity contribution in [3.8, 4) is 5.75 Å². The molecule has 0 atom stereocenters. The molecule has 3 nitrogen and oxygen atoms in total. The maximum absolute atomic E-state index is 12.8. The molecule has 0 aliphatic heterocycles. The number of benzene rings is 2. The van der Waals surface area contributed by atoms with Crippen LogP contribution in [0.3, 0.4) is 0 Å². The van der Waals surface area contributed by atoms with Crippen LogP contribution in [0.1, 0.15) is 5.56 Å². The van der Waals surface area contributed by atoms with Gasteiger partial charge >= 0.3 is 6.18 Å². The van der Waals surface area contributed by atoms with Gasteiger partial charge in [-0.1, -0.05) is 29.8 Å². The maximum Gasteiger partial charge on any atom is 0.419 e. The van der Waals surface area contributed by atoms with Crippen molar-refractivity contribution in [3.05, 3.63) is 59.1 Å². The van der Waals surface area contributed by atoms with E-state index in [1.165, 1.54) is 18.2 Å². The zero-order valence-corrected chi connectivity index (χ0v) is 11.9. The topological polar surface area (TPSA) is 38.3 Å². The molecule has 0 aromatic heterocycles. The number of rotatable bonds is 4. The maximum atomic E-state index is 12.8. The van der Waals surface area contributed by atoms with Gasteiger partial charge in [0.2, 0.25) is 0 Å². The molecule has 0 fully saturated rings. The molecule has 0 spiro atoms. The van der Waals surface area contributed by atoms with Crippen LogP contribution in [-0.2, 0) is 11.0 Å². The van der Waals surface area contributed by atoms with E-state index < -0.39 is 30.0 Å². The van der Waals surface area contributed by atoms with Gasteiger partial charge in [-0.3, -0.25) is 4.79 Å². The molecular formula is C15H11ClF3NO2. The van der Waals surface area contributed by atoms with Gasteiger partial charge in [0.25, 0.3) is 5.91 Å². The van der Waals surface area contributed by atoms with E-state index in [4.69, 9.17) is 16.3 Å². The zero-order chi connectivity index (χ0) is 16.2. The molecule has 0 bridgehead atoms. The average Bonchev–Trinajstić information content (AvgIpc) is 2.44. The summed E-state index contributed by atoms with van der Waals surface area (Å²) in [4.78, 5) is 11.7. The standard InChI is InChI=1S/C15H11ClF3NO2/c16-10-4-3-5-11(8-10)20-14(21)9-22-13-7-2-1-6-12(13)15(17,18)19/h1-8H,9H2,(H,20,21). The monoisotopic (exact) mass is 329 g/mol. The second-order valence-electron chi connectivity index (χ2n) is 4.34. The van der Waals surface area contributed by atoms with Crippen molar-refractivity contribution in [2.45, 2.75) is 6.18 Å². The van der Waals surface area contributed by atoms with Crippen LogP contribution in [0.2, 0.25) is 5.02 Å². The Morgan fingerprint density at radius 3 is 2.55 bits per heavy atom. The van der Waals surface area contributed by atoms with Gasteiger partial charge in [0.05, 0.1) is 5.56 Å². The molecule has 1 N–H and O–H groups in total. The number of halogens is 4. The molecular weight excluding hydrogens is 319 g/mol. The smallest absolute Gasteiger partial charge is 0.419 e. The van der Waals surface area contributed by atoms with Crippen molar-refractivity contribution in [3.63, 3.8) is 0 Å². The number of nitrogens with one attached hydrogen (secondary N) is 1. The van der Waals surface area contributed by atoms with Crippen molar-refractivity contribution in [1.82, 2.24) is 0 Å². The molecule has 116 valence electrons. The van der Waals surface area contributed by atoms with E-state index in [-0.39, 0.29) is 0 Å². The van der Waals surface area contributed by atoms with Crippen molar-refractivity contribution in [2.75, 3.05) is 11.9 Å². The molecule has 0 radical (unpaired) electrons.